The number of anilines is 1. The molecule has 1 aromatic carbocycles. The van der Waals surface area contributed by atoms with E-state index < -0.39 is 0 Å². The van der Waals surface area contributed by atoms with Crippen LogP contribution in [0.2, 0.25) is 0 Å². The van der Waals surface area contributed by atoms with Crippen LogP contribution in [0.15, 0.2) is 55.0 Å². The van der Waals surface area contributed by atoms with E-state index in [0.717, 1.165) is 61.7 Å². The number of nitrogens with zero attached hydrogens (tertiary/aromatic N) is 5. The third-order valence-corrected chi connectivity index (χ3v) is 7.41. The summed E-state index contributed by atoms with van der Waals surface area (Å²) >= 11 is 0. The number of rotatable bonds is 6. The second-order valence-electron chi connectivity index (χ2n) is 9.52. The van der Waals surface area contributed by atoms with Crippen LogP contribution in [0.4, 0.5) is 10.2 Å². The predicted octanol–water partition coefficient (Wildman–Crippen LogP) is 3.72. The lowest BCUT2D eigenvalue weighted by molar-refractivity contribution is 0.295. The molecular weight excluding hydrogens is 429 g/mol. The number of nitrogen functional groups attached to an aromatic ring is 1. The van der Waals surface area contributed by atoms with Crippen molar-refractivity contribution >= 4 is 5.82 Å². The first-order valence-electron chi connectivity index (χ1n) is 11.9. The third kappa shape index (κ3) is 3.77. The van der Waals surface area contributed by atoms with Crippen LogP contribution in [-0.2, 0) is 31.3 Å². The highest BCUT2D eigenvalue weighted by Crippen LogP contribution is 2.44. The average molecular weight is 458 g/mol. The highest BCUT2D eigenvalue weighted by molar-refractivity contribution is 5.63. The van der Waals surface area contributed by atoms with E-state index in [0.29, 0.717) is 24.2 Å². The molecule has 1 atom stereocenters. The Morgan fingerprint density at radius 2 is 1.91 bits per heavy atom. The molecule has 0 amide bonds. The minimum atomic E-state index is -0.182. The van der Waals surface area contributed by atoms with Gasteiger partial charge in [0.15, 0.2) is 0 Å². The van der Waals surface area contributed by atoms with Gasteiger partial charge in [-0.2, -0.15) is 5.10 Å². The summed E-state index contributed by atoms with van der Waals surface area (Å²) in [4.78, 5) is 14.5. The minimum Gasteiger partial charge on any atom is -0.383 e. The fourth-order valence-electron chi connectivity index (χ4n) is 5.54. The van der Waals surface area contributed by atoms with E-state index in [4.69, 9.17) is 10.8 Å². The number of hydrogen-bond donors (Lipinski definition) is 2. The Morgan fingerprint density at radius 3 is 2.76 bits per heavy atom. The molecular formula is C26H28FN7. The molecule has 3 N–H and O–H groups in total. The zero-order valence-electron chi connectivity index (χ0n) is 19.0. The molecule has 0 radical (unpaired) electrons. The molecule has 4 aromatic rings. The Hall–Kier alpha value is -3.52. The fourth-order valence-corrected chi connectivity index (χ4v) is 5.54. The monoisotopic (exact) mass is 457 g/mol. The second kappa shape index (κ2) is 8.36. The second-order valence-corrected chi connectivity index (χ2v) is 9.52. The smallest absolute Gasteiger partial charge is 0.126 e. The van der Waals surface area contributed by atoms with Gasteiger partial charge >= 0.3 is 0 Å². The standard InChI is InChI=1S/C26H28FN7/c27-21-4-2-1-3-18(21)5-6-19-13-20(15-31-25(19)28)22-14-23-26(8-12-34(23)32-22)7-11-33(17-26)16-24-29-9-10-30-24/h1-4,9-10,13-15H,5-8,11-12,16-17H2,(H2,28,31)(H,29,30). The third-order valence-electron chi connectivity index (χ3n) is 7.41. The van der Waals surface area contributed by atoms with E-state index in [1.807, 2.05) is 24.5 Å². The fraction of sp³-hybridized carbons (Fsp3) is 0.346. The van der Waals surface area contributed by atoms with E-state index in [1.54, 1.807) is 12.3 Å². The van der Waals surface area contributed by atoms with Crippen molar-refractivity contribution in [2.24, 2.45) is 0 Å². The minimum absolute atomic E-state index is 0.146. The SMILES string of the molecule is Nc1ncc(-c2cc3n(n2)CCC32CCN(Cc3ncc[nH]3)C2)cc1CCc1ccccc1F. The molecule has 1 spiro atoms. The molecule has 1 fully saturated rings. The van der Waals surface area contributed by atoms with Gasteiger partial charge in [-0.05, 0) is 61.6 Å². The van der Waals surface area contributed by atoms with Crippen LogP contribution in [0.1, 0.15) is 35.5 Å². The van der Waals surface area contributed by atoms with E-state index in [2.05, 4.69) is 36.7 Å². The van der Waals surface area contributed by atoms with Gasteiger partial charge in [0, 0.05) is 48.4 Å². The van der Waals surface area contributed by atoms with Crippen LogP contribution in [0.3, 0.4) is 0 Å². The summed E-state index contributed by atoms with van der Waals surface area (Å²) in [5.74, 6) is 1.33. The number of imidazole rings is 1. The lowest BCUT2D eigenvalue weighted by Crippen LogP contribution is -2.29. The lowest BCUT2D eigenvalue weighted by atomic mass is 9.82. The zero-order chi connectivity index (χ0) is 23.1. The van der Waals surface area contributed by atoms with Crippen LogP contribution in [0, 0.1) is 5.82 Å². The molecule has 7 nitrogen and oxygen atoms in total. The van der Waals surface area contributed by atoms with Crippen LogP contribution < -0.4 is 5.73 Å². The van der Waals surface area contributed by atoms with E-state index >= 15 is 0 Å². The first-order valence-corrected chi connectivity index (χ1v) is 11.9. The molecule has 0 saturated carbocycles. The highest BCUT2D eigenvalue weighted by Gasteiger charge is 2.45. The average Bonchev–Trinajstić information content (AvgIpc) is 3.62. The van der Waals surface area contributed by atoms with E-state index in [1.165, 1.54) is 11.8 Å². The molecule has 8 heteroatoms. The van der Waals surface area contributed by atoms with Crippen molar-refractivity contribution in [1.29, 1.82) is 0 Å². The van der Waals surface area contributed by atoms with Crippen molar-refractivity contribution in [3.63, 3.8) is 0 Å². The Kier molecular flexibility index (Phi) is 5.17. The Balaban J connectivity index is 1.21. The predicted molar refractivity (Wildman–Crippen MR) is 128 cm³/mol. The van der Waals surface area contributed by atoms with Crippen molar-refractivity contribution < 1.29 is 4.39 Å². The number of fused-ring (bicyclic) bond motifs is 2. The number of hydrogen-bond acceptors (Lipinski definition) is 5. The van der Waals surface area contributed by atoms with Crippen molar-refractivity contribution in [3.05, 3.63) is 83.5 Å². The Labute approximate surface area is 197 Å². The molecule has 5 heterocycles. The molecule has 34 heavy (non-hydrogen) atoms. The molecule has 0 aliphatic carbocycles. The van der Waals surface area contributed by atoms with Crippen molar-refractivity contribution in [1.82, 2.24) is 29.6 Å². The molecule has 1 unspecified atom stereocenters. The summed E-state index contributed by atoms with van der Waals surface area (Å²) < 4.78 is 16.2. The maximum absolute atomic E-state index is 14.0. The summed E-state index contributed by atoms with van der Waals surface area (Å²) in [5.41, 5.74) is 11.1. The highest BCUT2D eigenvalue weighted by atomic mass is 19.1. The Morgan fingerprint density at radius 1 is 1.06 bits per heavy atom. The van der Waals surface area contributed by atoms with Crippen molar-refractivity contribution in [3.8, 4) is 11.3 Å². The van der Waals surface area contributed by atoms with Gasteiger partial charge in [0.2, 0.25) is 0 Å². The van der Waals surface area contributed by atoms with Crippen LogP contribution in [-0.4, -0.2) is 42.7 Å². The summed E-state index contributed by atoms with van der Waals surface area (Å²) in [7, 11) is 0. The summed E-state index contributed by atoms with van der Waals surface area (Å²) in [5, 5.41) is 4.92. The molecule has 2 aliphatic heterocycles. The first kappa shape index (κ1) is 21.0. The number of nitrogens with two attached hydrogens (primary N) is 1. The van der Waals surface area contributed by atoms with Gasteiger partial charge in [-0.15, -0.1) is 0 Å². The van der Waals surface area contributed by atoms with E-state index in [9.17, 15) is 4.39 Å². The number of aromatic nitrogens is 5. The van der Waals surface area contributed by atoms with Gasteiger partial charge in [0.05, 0.1) is 12.2 Å². The number of benzene rings is 1. The number of likely N-dealkylation sites (tertiary alicyclic amines) is 1. The normalized spacial score (nSPS) is 19.8. The molecule has 174 valence electrons. The van der Waals surface area contributed by atoms with Crippen LogP contribution in [0.5, 0.6) is 0 Å². The molecule has 2 aliphatic rings. The van der Waals surface area contributed by atoms with E-state index in [-0.39, 0.29) is 11.2 Å². The van der Waals surface area contributed by atoms with Crippen LogP contribution >= 0.6 is 0 Å². The first-order chi connectivity index (χ1) is 16.6. The van der Waals surface area contributed by atoms with Crippen LogP contribution in [0.25, 0.3) is 11.3 Å². The number of halogens is 1. The van der Waals surface area contributed by atoms with Gasteiger partial charge in [0.25, 0.3) is 0 Å². The van der Waals surface area contributed by atoms with Gasteiger partial charge in [0.1, 0.15) is 17.5 Å². The summed E-state index contributed by atoms with van der Waals surface area (Å²) in [6.07, 6.45) is 8.95. The molecule has 1 saturated heterocycles. The number of H-pyrrole nitrogens is 1. The van der Waals surface area contributed by atoms with Gasteiger partial charge in [-0.3, -0.25) is 9.58 Å². The summed E-state index contributed by atoms with van der Waals surface area (Å²) in [6.45, 7) is 3.87. The quantitative estimate of drug-likeness (QED) is 0.461. The maximum Gasteiger partial charge on any atom is 0.126 e. The summed E-state index contributed by atoms with van der Waals surface area (Å²) in [6, 6.07) is 11.2. The lowest BCUT2D eigenvalue weighted by Gasteiger charge is -2.23. The maximum atomic E-state index is 14.0. The van der Waals surface area contributed by atoms with Gasteiger partial charge < -0.3 is 10.7 Å². The van der Waals surface area contributed by atoms with Crippen molar-refractivity contribution in [2.75, 3.05) is 18.8 Å². The number of aryl methyl sites for hydroxylation is 3. The van der Waals surface area contributed by atoms with Crippen molar-refractivity contribution in [2.45, 2.75) is 44.2 Å². The molecule has 3 aromatic heterocycles. The number of nitrogens with one attached hydrogen (secondary N) is 1. The van der Waals surface area contributed by atoms with Gasteiger partial charge in [-0.1, -0.05) is 18.2 Å². The number of aromatic amines is 1. The molecule has 0 bridgehead atoms. The van der Waals surface area contributed by atoms with Gasteiger partial charge in [-0.25, -0.2) is 14.4 Å². The largest absolute Gasteiger partial charge is 0.383 e. The topological polar surface area (TPSA) is 88.7 Å². The number of pyridine rings is 1. The molecule has 6 rings (SSSR count). The zero-order valence-corrected chi connectivity index (χ0v) is 19.0. The Bertz CT molecular complexity index is 1310.